The summed E-state index contributed by atoms with van der Waals surface area (Å²) in [5.74, 6) is 0.882. The molecule has 1 amide bonds. The summed E-state index contributed by atoms with van der Waals surface area (Å²) in [4.78, 5) is 14.2. The van der Waals surface area contributed by atoms with Crippen molar-refractivity contribution in [3.8, 4) is 5.75 Å². The quantitative estimate of drug-likeness (QED) is 0.821. The van der Waals surface area contributed by atoms with E-state index in [0.717, 1.165) is 37.2 Å². The number of methoxy groups -OCH3 is 1. The minimum Gasteiger partial charge on any atom is -0.497 e. The zero-order chi connectivity index (χ0) is 15.1. The number of hydrogen-bond acceptors (Lipinski definition) is 4. The lowest BCUT2D eigenvalue weighted by Crippen LogP contribution is -2.45. The van der Waals surface area contributed by atoms with Crippen LogP contribution in [0.2, 0.25) is 0 Å². The number of likely N-dealkylation sites (N-methyl/N-ethyl adjacent to an activating group) is 1. The molecule has 1 fully saturated rings. The number of carbonyl (C=O) groups excluding carboxylic acids is 1. The Morgan fingerprint density at radius 3 is 2.90 bits per heavy atom. The molecule has 0 unspecified atom stereocenters. The van der Waals surface area contributed by atoms with Gasteiger partial charge in [0.25, 0.3) is 0 Å². The maximum atomic E-state index is 12.0. The molecule has 0 atom stereocenters. The molecule has 0 spiro atoms. The highest BCUT2D eigenvalue weighted by Crippen LogP contribution is 2.12. The van der Waals surface area contributed by atoms with Crippen molar-refractivity contribution in [2.24, 2.45) is 0 Å². The summed E-state index contributed by atoms with van der Waals surface area (Å²) in [5.41, 5.74) is 1.05. The fourth-order valence-electron chi connectivity index (χ4n) is 2.64. The molecule has 2 N–H and O–H groups in total. The van der Waals surface area contributed by atoms with Crippen molar-refractivity contribution < 1.29 is 9.53 Å². The predicted octanol–water partition coefficient (Wildman–Crippen LogP) is 0.995. The highest BCUT2D eigenvalue weighted by atomic mass is 16.5. The number of hydrogen-bond donors (Lipinski definition) is 2. The van der Waals surface area contributed by atoms with Crippen LogP contribution < -0.4 is 15.4 Å². The topological polar surface area (TPSA) is 53.6 Å². The van der Waals surface area contributed by atoms with E-state index in [0.29, 0.717) is 19.1 Å². The molecule has 21 heavy (non-hydrogen) atoms. The number of amides is 1. The van der Waals surface area contributed by atoms with Gasteiger partial charge in [0, 0.05) is 12.6 Å². The molecule has 5 heteroatoms. The van der Waals surface area contributed by atoms with Crippen molar-refractivity contribution in [2.45, 2.75) is 25.4 Å². The van der Waals surface area contributed by atoms with E-state index in [-0.39, 0.29) is 5.91 Å². The first-order valence-corrected chi connectivity index (χ1v) is 7.49. The normalized spacial score (nSPS) is 16.0. The number of nitrogens with zero attached hydrogens (tertiary/aromatic N) is 1. The number of carbonyl (C=O) groups is 1. The minimum atomic E-state index is 0.0684. The molecule has 0 radical (unpaired) electrons. The average Bonchev–Trinajstić information content (AvgIpc) is 2.54. The Bertz CT molecular complexity index is 459. The molecule has 0 saturated carbocycles. The van der Waals surface area contributed by atoms with Gasteiger partial charge in [0.1, 0.15) is 5.75 Å². The van der Waals surface area contributed by atoms with Crippen LogP contribution in [0, 0.1) is 0 Å². The van der Waals surface area contributed by atoms with Crippen LogP contribution in [0.3, 0.4) is 0 Å². The number of nitrogens with one attached hydrogen (secondary N) is 2. The van der Waals surface area contributed by atoms with Crippen molar-refractivity contribution >= 4 is 5.91 Å². The summed E-state index contributed by atoms with van der Waals surface area (Å²) in [7, 11) is 3.67. The molecule has 1 aromatic carbocycles. The van der Waals surface area contributed by atoms with E-state index in [1.807, 2.05) is 31.3 Å². The summed E-state index contributed by atoms with van der Waals surface area (Å²) in [6, 6.07) is 8.27. The lowest BCUT2D eigenvalue weighted by molar-refractivity contribution is -0.122. The van der Waals surface area contributed by atoms with Crippen LogP contribution >= 0.6 is 0 Å². The lowest BCUT2D eigenvalue weighted by atomic mass is 10.1. The second-order valence-corrected chi connectivity index (χ2v) is 5.52. The van der Waals surface area contributed by atoms with Gasteiger partial charge in [0.2, 0.25) is 5.91 Å². The van der Waals surface area contributed by atoms with Crippen LogP contribution in [-0.2, 0) is 11.3 Å². The van der Waals surface area contributed by atoms with Gasteiger partial charge < -0.3 is 15.4 Å². The SMILES string of the molecule is COc1cccc(CNC(=O)CN(C)C2CCNCC2)c1. The van der Waals surface area contributed by atoms with Gasteiger partial charge in [-0.25, -0.2) is 0 Å². The molecule has 0 bridgehead atoms. The number of ether oxygens (including phenoxy) is 1. The third kappa shape index (κ3) is 5.02. The van der Waals surface area contributed by atoms with E-state index in [4.69, 9.17) is 4.74 Å². The number of rotatable bonds is 6. The molecule has 1 heterocycles. The van der Waals surface area contributed by atoms with E-state index in [9.17, 15) is 4.79 Å². The van der Waals surface area contributed by atoms with Gasteiger partial charge in [-0.15, -0.1) is 0 Å². The standard InChI is InChI=1S/C16H25N3O2/c1-19(14-6-8-17-9-7-14)12-16(20)18-11-13-4-3-5-15(10-13)21-2/h3-5,10,14,17H,6-9,11-12H2,1-2H3,(H,18,20). The first-order valence-electron chi connectivity index (χ1n) is 7.49. The van der Waals surface area contributed by atoms with Crippen LogP contribution in [0.25, 0.3) is 0 Å². The molecule has 1 aliphatic rings. The van der Waals surface area contributed by atoms with Crippen LogP contribution in [0.4, 0.5) is 0 Å². The Hall–Kier alpha value is -1.59. The summed E-state index contributed by atoms with van der Waals surface area (Å²) in [6.07, 6.45) is 2.22. The first-order chi connectivity index (χ1) is 10.2. The summed E-state index contributed by atoms with van der Waals surface area (Å²) in [6.45, 7) is 3.08. The van der Waals surface area contributed by atoms with Crippen LogP contribution in [0.15, 0.2) is 24.3 Å². The monoisotopic (exact) mass is 291 g/mol. The summed E-state index contributed by atoms with van der Waals surface area (Å²) >= 11 is 0. The van der Waals surface area contributed by atoms with Gasteiger partial charge in [-0.05, 0) is 50.7 Å². The molecule has 0 aromatic heterocycles. The van der Waals surface area contributed by atoms with Gasteiger partial charge in [-0.2, -0.15) is 0 Å². The fourth-order valence-corrected chi connectivity index (χ4v) is 2.64. The Balaban J connectivity index is 1.75. The zero-order valence-corrected chi connectivity index (χ0v) is 12.9. The predicted molar refractivity (Wildman–Crippen MR) is 83.4 cm³/mol. The Kier molecular flexibility index (Phi) is 6.02. The van der Waals surface area contributed by atoms with Crippen LogP contribution in [0.5, 0.6) is 5.75 Å². The smallest absolute Gasteiger partial charge is 0.234 e. The summed E-state index contributed by atoms with van der Waals surface area (Å²) in [5, 5.41) is 6.31. The molecule has 116 valence electrons. The number of piperidine rings is 1. The second-order valence-electron chi connectivity index (χ2n) is 5.52. The van der Waals surface area contributed by atoms with Gasteiger partial charge in [0.15, 0.2) is 0 Å². The molecule has 1 saturated heterocycles. The molecule has 1 aromatic rings. The maximum absolute atomic E-state index is 12.0. The fraction of sp³-hybridized carbons (Fsp3) is 0.562. The van der Waals surface area contributed by atoms with Crippen molar-refractivity contribution in [3.63, 3.8) is 0 Å². The molecule has 2 rings (SSSR count). The van der Waals surface area contributed by atoms with Gasteiger partial charge >= 0.3 is 0 Å². The molecule has 1 aliphatic heterocycles. The molecule has 5 nitrogen and oxygen atoms in total. The highest BCUT2D eigenvalue weighted by Gasteiger charge is 2.19. The Morgan fingerprint density at radius 2 is 2.19 bits per heavy atom. The van der Waals surface area contributed by atoms with Crippen molar-refractivity contribution in [1.29, 1.82) is 0 Å². The first kappa shape index (κ1) is 15.8. The van der Waals surface area contributed by atoms with Gasteiger partial charge in [-0.1, -0.05) is 12.1 Å². The van der Waals surface area contributed by atoms with Gasteiger partial charge in [0.05, 0.1) is 13.7 Å². The van der Waals surface area contributed by atoms with Gasteiger partial charge in [-0.3, -0.25) is 9.69 Å². The highest BCUT2D eigenvalue weighted by molar-refractivity contribution is 5.78. The zero-order valence-electron chi connectivity index (χ0n) is 12.9. The van der Waals surface area contributed by atoms with Crippen LogP contribution in [-0.4, -0.2) is 50.6 Å². The molecular weight excluding hydrogens is 266 g/mol. The Morgan fingerprint density at radius 1 is 1.43 bits per heavy atom. The average molecular weight is 291 g/mol. The van der Waals surface area contributed by atoms with Crippen molar-refractivity contribution in [1.82, 2.24) is 15.5 Å². The van der Waals surface area contributed by atoms with E-state index in [2.05, 4.69) is 15.5 Å². The third-order valence-electron chi connectivity index (χ3n) is 3.95. The molecule has 0 aliphatic carbocycles. The van der Waals surface area contributed by atoms with E-state index >= 15 is 0 Å². The molecular formula is C16H25N3O2. The largest absolute Gasteiger partial charge is 0.497 e. The maximum Gasteiger partial charge on any atom is 0.234 e. The number of benzene rings is 1. The van der Waals surface area contributed by atoms with Crippen molar-refractivity contribution in [2.75, 3.05) is 33.8 Å². The third-order valence-corrected chi connectivity index (χ3v) is 3.95. The second kappa shape index (κ2) is 8.00. The van der Waals surface area contributed by atoms with E-state index in [1.54, 1.807) is 7.11 Å². The van der Waals surface area contributed by atoms with Crippen molar-refractivity contribution in [3.05, 3.63) is 29.8 Å². The van der Waals surface area contributed by atoms with Crippen LogP contribution in [0.1, 0.15) is 18.4 Å². The Labute approximate surface area is 126 Å². The van der Waals surface area contributed by atoms with E-state index in [1.165, 1.54) is 0 Å². The van der Waals surface area contributed by atoms with E-state index < -0.39 is 0 Å². The summed E-state index contributed by atoms with van der Waals surface area (Å²) < 4.78 is 5.18. The lowest BCUT2D eigenvalue weighted by Gasteiger charge is -2.31. The minimum absolute atomic E-state index is 0.0684.